The van der Waals surface area contributed by atoms with Gasteiger partial charge in [0.15, 0.2) is 0 Å². The van der Waals surface area contributed by atoms with E-state index in [0.29, 0.717) is 22.6 Å². The van der Waals surface area contributed by atoms with Crippen LogP contribution < -0.4 is 10.5 Å². The Labute approximate surface area is 97.0 Å². The molecule has 1 aromatic carbocycles. The van der Waals surface area contributed by atoms with Crippen LogP contribution in [0.15, 0.2) is 32.7 Å². The van der Waals surface area contributed by atoms with Gasteiger partial charge in [-0.15, -0.1) is 10.2 Å². The van der Waals surface area contributed by atoms with E-state index >= 15 is 0 Å². The first kappa shape index (κ1) is 10.8. The van der Waals surface area contributed by atoms with Gasteiger partial charge < -0.3 is 14.9 Å². The van der Waals surface area contributed by atoms with E-state index in [1.54, 1.807) is 20.1 Å². The molecule has 84 valence electrons. The minimum absolute atomic E-state index is 0.504. The Hall–Kier alpha value is -1.69. The van der Waals surface area contributed by atoms with Crippen molar-refractivity contribution in [2.24, 2.45) is 0 Å². The SMILES string of the molecule is COc1cc(Sc2nnc(C)o2)ccc1N. The number of benzene rings is 1. The summed E-state index contributed by atoms with van der Waals surface area (Å²) in [5.41, 5.74) is 6.32. The number of aryl methyl sites for hydroxylation is 1. The highest BCUT2D eigenvalue weighted by atomic mass is 32.2. The fourth-order valence-corrected chi connectivity index (χ4v) is 1.92. The normalized spacial score (nSPS) is 10.4. The lowest BCUT2D eigenvalue weighted by Crippen LogP contribution is -1.91. The van der Waals surface area contributed by atoms with Crippen LogP contribution in [0.2, 0.25) is 0 Å². The third-order valence-electron chi connectivity index (χ3n) is 1.92. The monoisotopic (exact) mass is 237 g/mol. The second-order valence-corrected chi connectivity index (χ2v) is 4.12. The number of aromatic nitrogens is 2. The van der Waals surface area contributed by atoms with Gasteiger partial charge in [0.1, 0.15) is 5.75 Å². The molecule has 5 nitrogen and oxygen atoms in total. The molecular formula is C10H11N3O2S. The van der Waals surface area contributed by atoms with Gasteiger partial charge in [0.25, 0.3) is 5.22 Å². The number of rotatable bonds is 3. The largest absolute Gasteiger partial charge is 0.495 e. The average Bonchev–Trinajstić information content (AvgIpc) is 2.67. The summed E-state index contributed by atoms with van der Waals surface area (Å²) in [5, 5.41) is 8.15. The maximum absolute atomic E-state index is 5.71. The summed E-state index contributed by atoms with van der Waals surface area (Å²) in [6, 6.07) is 5.49. The second-order valence-electron chi connectivity index (χ2n) is 3.09. The van der Waals surface area contributed by atoms with Crippen molar-refractivity contribution >= 4 is 17.4 Å². The van der Waals surface area contributed by atoms with Crippen molar-refractivity contribution < 1.29 is 9.15 Å². The van der Waals surface area contributed by atoms with E-state index in [9.17, 15) is 0 Å². The molecule has 0 aliphatic heterocycles. The summed E-state index contributed by atoms with van der Waals surface area (Å²) in [7, 11) is 1.58. The van der Waals surface area contributed by atoms with Crippen LogP contribution in [0.5, 0.6) is 5.75 Å². The summed E-state index contributed by atoms with van der Waals surface area (Å²) < 4.78 is 10.4. The molecule has 2 rings (SSSR count). The zero-order chi connectivity index (χ0) is 11.5. The van der Waals surface area contributed by atoms with E-state index < -0.39 is 0 Å². The standard InChI is InChI=1S/C10H11N3O2S/c1-6-12-13-10(15-6)16-7-3-4-8(11)9(5-7)14-2/h3-5H,11H2,1-2H3. The van der Waals surface area contributed by atoms with Crippen molar-refractivity contribution in [2.75, 3.05) is 12.8 Å². The molecule has 0 radical (unpaired) electrons. The van der Waals surface area contributed by atoms with Gasteiger partial charge in [-0.05, 0) is 30.0 Å². The molecule has 0 amide bonds. The smallest absolute Gasteiger partial charge is 0.281 e. The van der Waals surface area contributed by atoms with Gasteiger partial charge in [0, 0.05) is 11.8 Å². The third-order valence-corrected chi connectivity index (χ3v) is 2.75. The fraction of sp³-hybridized carbons (Fsp3) is 0.200. The van der Waals surface area contributed by atoms with Gasteiger partial charge in [0.05, 0.1) is 12.8 Å². The maximum atomic E-state index is 5.71. The molecule has 0 saturated heterocycles. The fourth-order valence-electron chi connectivity index (χ4n) is 1.18. The van der Waals surface area contributed by atoms with Gasteiger partial charge in [-0.3, -0.25) is 0 Å². The highest BCUT2D eigenvalue weighted by Gasteiger charge is 2.07. The highest BCUT2D eigenvalue weighted by Crippen LogP contribution is 2.31. The minimum atomic E-state index is 0.504. The lowest BCUT2D eigenvalue weighted by molar-refractivity contribution is 0.415. The molecule has 0 spiro atoms. The van der Waals surface area contributed by atoms with Crippen molar-refractivity contribution in [3.63, 3.8) is 0 Å². The Morgan fingerprint density at radius 2 is 2.19 bits per heavy atom. The number of methoxy groups -OCH3 is 1. The van der Waals surface area contributed by atoms with Gasteiger partial charge in [0.2, 0.25) is 5.89 Å². The van der Waals surface area contributed by atoms with Crippen LogP contribution in [0.3, 0.4) is 0 Å². The van der Waals surface area contributed by atoms with Gasteiger partial charge in [-0.2, -0.15) is 0 Å². The third kappa shape index (κ3) is 2.27. The van der Waals surface area contributed by atoms with Crippen LogP contribution in [-0.2, 0) is 0 Å². The first-order chi connectivity index (χ1) is 7.69. The van der Waals surface area contributed by atoms with Gasteiger partial charge in [-0.25, -0.2) is 0 Å². The Balaban J connectivity index is 2.21. The number of anilines is 1. The van der Waals surface area contributed by atoms with Crippen molar-refractivity contribution in [1.82, 2.24) is 10.2 Å². The molecule has 0 aliphatic rings. The van der Waals surface area contributed by atoms with E-state index in [0.717, 1.165) is 4.90 Å². The van der Waals surface area contributed by atoms with Crippen molar-refractivity contribution in [3.8, 4) is 5.75 Å². The zero-order valence-corrected chi connectivity index (χ0v) is 9.75. The summed E-state index contributed by atoms with van der Waals surface area (Å²) in [6.07, 6.45) is 0. The number of nitrogens with zero attached hydrogens (tertiary/aromatic N) is 2. The number of nitrogen functional groups attached to an aromatic ring is 1. The molecule has 0 atom stereocenters. The van der Waals surface area contributed by atoms with Crippen molar-refractivity contribution in [2.45, 2.75) is 17.0 Å². The summed E-state index contributed by atoms with van der Waals surface area (Å²) >= 11 is 1.37. The lowest BCUT2D eigenvalue weighted by Gasteiger charge is -2.05. The minimum Gasteiger partial charge on any atom is -0.495 e. The predicted octanol–water partition coefficient (Wildman–Crippen LogP) is 2.12. The molecule has 1 heterocycles. The quantitative estimate of drug-likeness (QED) is 0.824. The van der Waals surface area contributed by atoms with Crippen LogP contribution >= 0.6 is 11.8 Å². The van der Waals surface area contributed by atoms with Crippen molar-refractivity contribution in [3.05, 3.63) is 24.1 Å². The molecule has 0 fully saturated rings. The highest BCUT2D eigenvalue weighted by molar-refractivity contribution is 7.99. The van der Waals surface area contributed by atoms with Gasteiger partial charge >= 0.3 is 0 Å². The maximum Gasteiger partial charge on any atom is 0.281 e. The molecule has 2 N–H and O–H groups in total. The summed E-state index contributed by atoms with van der Waals surface area (Å²) in [6.45, 7) is 1.75. The van der Waals surface area contributed by atoms with E-state index in [-0.39, 0.29) is 0 Å². The summed E-state index contributed by atoms with van der Waals surface area (Å²) in [5.74, 6) is 1.19. The number of hydrogen-bond donors (Lipinski definition) is 1. The van der Waals surface area contributed by atoms with Crippen LogP contribution in [0.25, 0.3) is 0 Å². The second kappa shape index (κ2) is 4.44. The molecule has 2 aromatic rings. The first-order valence-electron chi connectivity index (χ1n) is 4.60. The molecule has 1 aromatic heterocycles. The molecule has 0 unspecified atom stereocenters. The molecule has 0 saturated carbocycles. The van der Waals surface area contributed by atoms with Gasteiger partial charge in [-0.1, -0.05) is 0 Å². The molecule has 16 heavy (non-hydrogen) atoms. The van der Waals surface area contributed by atoms with Crippen LogP contribution in [0, 0.1) is 6.92 Å². The lowest BCUT2D eigenvalue weighted by atomic mass is 10.3. The van der Waals surface area contributed by atoms with E-state index in [1.807, 2.05) is 12.1 Å². The Bertz CT molecular complexity index is 499. The number of nitrogens with two attached hydrogens (primary N) is 1. The van der Waals surface area contributed by atoms with Crippen LogP contribution in [0.4, 0.5) is 5.69 Å². The molecule has 0 aliphatic carbocycles. The van der Waals surface area contributed by atoms with Crippen LogP contribution in [-0.4, -0.2) is 17.3 Å². The molecule has 0 bridgehead atoms. The Kier molecular flexibility index (Phi) is 3.00. The number of hydrogen-bond acceptors (Lipinski definition) is 6. The average molecular weight is 237 g/mol. The van der Waals surface area contributed by atoms with Crippen molar-refractivity contribution in [1.29, 1.82) is 0 Å². The Morgan fingerprint density at radius 3 is 2.81 bits per heavy atom. The zero-order valence-electron chi connectivity index (χ0n) is 8.93. The molecular weight excluding hydrogens is 226 g/mol. The van der Waals surface area contributed by atoms with E-state index in [4.69, 9.17) is 14.9 Å². The first-order valence-corrected chi connectivity index (χ1v) is 5.42. The van der Waals surface area contributed by atoms with E-state index in [2.05, 4.69) is 10.2 Å². The molecule has 6 heteroatoms. The van der Waals surface area contributed by atoms with Crippen LogP contribution in [0.1, 0.15) is 5.89 Å². The summed E-state index contributed by atoms with van der Waals surface area (Å²) in [4.78, 5) is 0.940. The number of ether oxygens (including phenoxy) is 1. The topological polar surface area (TPSA) is 74.2 Å². The van der Waals surface area contributed by atoms with E-state index in [1.165, 1.54) is 11.8 Å². The predicted molar refractivity (Wildman–Crippen MR) is 60.6 cm³/mol. The Morgan fingerprint density at radius 1 is 1.38 bits per heavy atom.